The first-order chi connectivity index (χ1) is 17.2. The van der Waals surface area contributed by atoms with Crippen LogP contribution in [0.25, 0.3) is 0 Å². The summed E-state index contributed by atoms with van der Waals surface area (Å²) in [5.74, 6) is 0.359. The van der Waals surface area contributed by atoms with Crippen molar-refractivity contribution >= 4 is 46.8 Å². The van der Waals surface area contributed by atoms with Crippen molar-refractivity contribution in [1.82, 2.24) is 10.2 Å². The fourth-order valence-corrected chi connectivity index (χ4v) is 4.97. The summed E-state index contributed by atoms with van der Waals surface area (Å²) in [7, 11) is 0. The molecule has 190 valence electrons. The fraction of sp³-hybridized carbons (Fsp3) is 0.310. The normalized spacial score (nSPS) is 11.8. The van der Waals surface area contributed by atoms with Crippen LogP contribution in [0, 0.1) is 6.92 Å². The van der Waals surface area contributed by atoms with Crippen molar-refractivity contribution in [3.63, 3.8) is 0 Å². The smallest absolute Gasteiger partial charge is 0.243 e. The van der Waals surface area contributed by atoms with E-state index in [1.165, 1.54) is 5.56 Å². The number of hydrogen-bond donors (Lipinski definition) is 1. The van der Waals surface area contributed by atoms with Gasteiger partial charge in [0.2, 0.25) is 11.8 Å². The molecule has 4 nitrogen and oxygen atoms in total. The van der Waals surface area contributed by atoms with Crippen molar-refractivity contribution in [2.75, 3.05) is 5.75 Å². The van der Waals surface area contributed by atoms with E-state index in [9.17, 15) is 9.59 Å². The summed E-state index contributed by atoms with van der Waals surface area (Å²) in [5, 5.41) is 3.88. The number of nitrogens with one attached hydrogen (secondary N) is 1. The third kappa shape index (κ3) is 8.58. The zero-order valence-electron chi connectivity index (χ0n) is 20.8. The summed E-state index contributed by atoms with van der Waals surface area (Å²) < 4.78 is 0. The summed E-state index contributed by atoms with van der Waals surface area (Å²) in [6, 6.07) is 22.6. The minimum Gasteiger partial charge on any atom is -0.352 e. The third-order valence-corrected chi connectivity index (χ3v) is 7.40. The van der Waals surface area contributed by atoms with Gasteiger partial charge >= 0.3 is 0 Å². The van der Waals surface area contributed by atoms with Gasteiger partial charge in [-0.3, -0.25) is 9.59 Å². The average Bonchev–Trinajstić information content (AvgIpc) is 2.85. The molecule has 0 aliphatic heterocycles. The first-order valence-electron chi connectivity index (χ1n) is 12.0. The number of nitrogens with zero attached hydrogens (tertiary/aromatic N) is 1. The molecule has 3 aromatic rings. The third-order valence-electron chi connectivity index (χ3n) is 5.64. The van der Waals surface area contributed by atoms with Gasteiger partial charge in [0, 0.05) is 36.1 Å². The number of carbonyl (C=O) groups excluding carboxylic acids is 2. The van der Waals surface area contributed by atoms with Crippen LogP contribution >= 0.6 is 35.0 Å². The van der Waals surface area contributed by atoms with Crippen molar-refractivity contribution in [3.8, 4) is 0 Å². The summed E-state index contributed by atoms with van der Waals surface area (Å²) >= 11 is 14.0. The van der Waals surface area contributed by atoms with Crippen LogP contribution in [0.15, 0.2) is 77.7 Å². The predicted octanol–water partition coefficient (Wildman–Crippen LogP) is 6.95. The molecule has 0 bridgehead atoms. The summed E-state index contributed by atoms with van der Waals surface area (Å²) in [5.41, 5.74) is 3.00. The molecule has 0 fully saturated rings. The summed E-state index contributed by atoms with van der Waals surface area (Å²) in [6.45, 7) is 6.14. The van der Waals surface area contributed by atoms with Gasteiger partial charge in [-0.05, 0) is 56.2 Å². The number of halogens is 2. The van der Waals surface area contributed by atoms with E-state index in [2.05, 4.69) is 29.6 Å². The molecule has 0 radical (unpaired) electrons. The predicted molar refractivity (Wildman–Crippen MR) is 151 cm³/mol. The largest absolute Gasteiger partial charge is 0.352 e. The van der Waals surface area contributed by atoms with Gasteiger partial charge in [0.05, 0.1) is 10.0 Å². The van der Waals surface area contributed by atoms with Crippen molar-refractivity contribution < 1.29 is 9.59 Å². The van der Waals surface area contributed by atoms with E-state index in [4.69, 9.17) is 23.2 Å². The minimum atomic E-state index is -0.666. The van der Waals surface area contributed by atoms with E-state index in [0.717, 1.165) is 16.0 Å². The maximum absolute atomic E-state index is 13.6. The molecule has 0 aromatic heterocycles. The number of amides is 2. The van der Waals surface area contributed by atoms with Crippen LogP contribution < -0.4 is 5.32 Å². The molecular weight excluding hydrogens is 511 g/mol. The second-order valence-electron chi connectivity index (χ2n) is 9.05. The Balaban J connectivity index is 1.86. The molecule has 0 spiro atoms. The van der Waals surface area contributed by atoms with E-state index in [-0.39, 0.29) is 24.4 Å². The Hall–Kier alpha value is -2.47. The fourth-order valence-electron chi connectivity index (χ4n) is 3.80. The van der Waals surface area contributed by atoms with Gasteiger partial charge in [-0.15, -0.1) is 11.8 Å². The Morgan fingerprint density at radius 1 is 0.917 bits per heavy atom. The Kier molecular flexibility index (Phi) is 10.7. The first kappa shape index (κ1) is 28.1. The standard InChI is InChI=1S/C29H32Cl2N2O2S/c1-20(2)32-29(35)27(18-22-7-5-4-6-8-22)33(19-23-11-14-25(30)26(31)17-23)28(34)15-16-36-24-12-9-21(3)10-13-24/h4-14,17,20,27H,15-16,18-19H2,1-3H3,(H,32,35)/t27-/m0/s1. The molecular formula is C29H32Cl2N2O2S. The van der Waals surface area contributed by atoms with E-state index in [1.807, 2.05) is 57.2 Å². The molecule has 36 heavy (non-hydrogen) atoms. The van der Waals surface area contributed by atoms with Gasteiger partial charge in [0.15, 0.2) is 0 Å². The van der Waals surface area contributed by atoms with Crippen molar-refractivity contribution in [3.05, 3.63) is 99.5 Å². The summed E-state index contributed by atoms with van der Waals surface area (Å²) in [6.07, 6.45) is 0.720. The van der Waals surface area contributed by atoms with Crippen LogP contribution in [0.1, 0.15) is 37.0 Å². The second kappa shape index (κ2) is 13.7. The van der Waals surface area contributed by atoms with Crippen LogP contribution in [-0.2, 0) is 22.6 Å². The van der Waals surface area contributed by atoms with Gasteiger partial charge in [-0.2, -0.15) is 0 Å². The number of aryl methyl sites for hydroxylation is 1. The number of thioether (sulfide) groups is 1. The molecule has 0 saturated carbocycles. The molecule has 3 rings (SSSR count). The molecule has 0 unspecified atom stereocenters. The molecule has 7 heteroatoms. The van der Waals surface area contributed by atoms with E-state index in [1.54, 1.807) is 28.8 Å². The lowest BCUT2D eigenvalue weighted by molar-refractivity contribution is -0.141. The maximum Gasteiger partial charge on any atom is 0.243 e. The lowest BCUT2D eigenvalue weighted by Crippen LogP contribution is -2.51. The molecule has 1 N–H and O–H groups in total. The van der Waals surface area contributed by atoms with E-state index >= 15 is 0 Å². The lowest BCUT2D eigenvalue weighted by Gasteiger charge is -2.32. The molecule has 0 aliphatic carbocycles. The number of benzene rings is 3. The van der Waals surface area contributed by atoms with Gasteiger partial charge in [0.25, 0.3) is 0 Å². The number of rotatable bonds is 11. The summed E-state index contributed by atoms with van der Waals surface area (Å²) in [4.78, 5) is 29.8. The Bertz CT molecular complexity index is 1150. The lowest BCUT2D eigenvalue weighted by atomic mass is 10.0. The van der Waals surface area contributed by atoms with Crippen LogP contribution in [0.3, 0.4) is 0 Å². The Morgan fingerprint density at radius 2 is 1.61 bits per heavy atom. The number of hydrogen-bond acceptors (Lipinski definition) is 3. The van der Waals surface area contributed by atoms with Crippen LogP contribution in [-0.4, -0.2) is 34.6 Å². The molecule has 0 heterocycles. The average molecular weight is 544 g/mol. The van der Waals surface area contributed by atoms with Crippen molar-refractivity contribution in [2.45, 2.75) is 57.1 Å². The van der Waals surface area contributed by atoms with Crippen molar-refractivity contribution in [2.24, 2.45) is 0 Å². The maximum atomic E-state index is 13.6. The molecule has 0 aliphatic rings. The molecule has 2 amide bonds. The van der Waals surface area contributed by atoms with Crippen molar-refractivity contribution in [1.29, 1.82) is 0 Å². The zero-order valence-corrected chi connectivity index (χ0v) is 23.2. The molecule has 1 atom stereocenters. The topological polar surface area (TPSA) is 49.4 Å². The highest BCUT2D eigenvalue weighted by molar-refractivity contribution is 7.99. The van der Waals surface area contributed by atoms with Gasteiger partial charge in [-0.1, -0.05) is 77.3 Å². The number of carbonyl (C=O) groups is 2. The van der Waals surface area contributed by atoms with Gasteiger partial charge < -0.3 is 10.2 Å². The van der Waals surface area contributed by atoms with Gasteiger partial charge in [0.1, 0.15) is 6.04 Å². The van der Waals surface area contributed by atoms with Crippen LogP contribution in [0.2, 0.25) is 10.0 Å². The Morgan fingerprint density at radius 3 is 2.25 bits per heavy atom. The van der Waals surface area contributed by atoms with Gasteiger partial charge in [-0.25, -0.2) is 0 Å². The van der Waals surface area contributed by atoms with E-state index in [0.29, 0.717) is 28.6 Å². The quantitative estimate of drug-likeness (QED) is 0.266. The SMILES string of the molecule is Cc1ccc(SCCC(=O)N(Cc2ccc(Cl)c(Cl)c2)[C@@H](Cc2ccccc2)C(=O)NC(C)C)cc1. The monoisotopic (exact) mass is 542 g/mol. The van der Waals surface area contributed by atoms with Crippen LogP contribution in [0.4, 0.5) is 0 Å². The second-order valence-corrected chi connectivity index (χ2v) is 11.0. The molecule has 0 saturated heterocycles. The van der Waals surface area contributed by atoms with Crippen LogP contribution in [0.5, 0.6) is 0 Å². The minimum absolute atomic E-state index is 0.0465. The Labute approximate surface area is 228 Å². The highest BCUT2D eigenvalue weighted by Gasteiger charge is 2.30. The first-order valence-corrected chi connectivity index (χ1v) is 13.7. The highest BCUT2D eigenvalue weighted by Crippen LogP contribution is 2.25. The zero-order chi connectivity index (χ0) is 26.1. The highest BCUT2D eigenvalue weighted by atomic mass is 35.5. The molecule has 3 aromatic carbocycles. The van der Waals surface area contributed by atoms with E-state index < -0.39 is 6.04 Å².